The lowest BCUT2D eigenvalue weighted by molar-refractivity contribution is -0.138. The van der Waals surface area contributed by atoms with Crippen molar-refractivity contribution in [2.24, 2.45) is 5.92 Å². The minimum absolute atomic E-state index is 0.0796. The van der Waals surface area contributed by atoms with E-state index in [4.69, 9.17) is 5.11 Å². The minimum Gasteiger partial charge on any atom is -0.508 e. The first-order chi connectivity index (χ1) is 8.45. The van der Waals surface area contributed by atoms with Crippen molar-refractivity contribution < 1.29 is 29.6 Å². The van der Waals surface area contributed by atoms with Gasteiger partial charge in [0.2, 0.25) is 0 Å². The molecule has 0 radical (unpaired) electrons. The van der Waals surface area contributed by atoms with Gasteiger partial charge in [0.15, 0.2) is 0 Å². The lowest BCUT2D eigenvalue weighted by atomic mass is 10.0. The predicted molar refractivity (Wildman–Crippen MR) is 59.6 cm³/mol. The molecule has 3 N–H and O–H groups in total. The first kappa shape index (κ1) is 12.2. The molecular formula is C12H12O6. The van der Waals surface area contributed by atoms with Gasteiger partial charge in [-0.05, 0) is 24.0 Å². The summed E-state index contributed by atoms with van der Waals surface area (Å²) in [4.78, 5) is 22.4. The number of esters is 1. The van der Waals surface area contributed by atoms with Crippen LogP contribution in [0.1, 0.15) is 28.3 Å². The molecule has 96 valence electrons. The summed E-state index contributed by atoms with van der Waals surface area (Å²) in [5, 5.41) is 28.0. The van der Waals surface area contributed by atoms with Gasteiger partial charge in [-0.15, -0.1) is 0 Å². The van der Waals surface area contributed by atoms with Crippen LogP contribution in [0.15, 0.2) is 12.1 Å². The Morgan fingerprint density at radius 1 is 1.33 bits per heavy atom. The van der Waals surface area contributed by atoms with Crippen LogP contribution in [0.4, 0.5) is 0 Å². The van der Waals surface area contributed by atoms with Crippen molar-refractivity contribution in [3.63, 3.8) is 0 Å². The molecule has 1 aliphatic rings. The summed E-state index contributed by atoms with van der Waals surface area (Å²) in [7, 11) is 1.17. The van der Waals surface area contributed by atoms with Crippen LogP contribution in [-0.4, -0.2) is 34.4 Å². The van der Waals surface area contributed by atoms with Crippen LogP contribution in [0.3, 0.4) is 0 Å². The third kappa shape index (κ3) is 1.97. The molecular weight excluding hydrogens is 240 g/mol. The number of phenols is 2. The number of hydrogen-bond donors (Lipinski definition) is 3. The van der Waals surface area contributed by atoms with E-state index < -0.39 is 23.6 Å². The molecule has 0 aromatic heterocycles. The second-order valence-corrected chi connectivity index (χ2v) is 4.21. The number of aliphatic carboxylic acids is 1. The molecule has 0 amide bonds. The highest BCUT2D eigenvalue weighted by Gasteiger charge is 2.46. The Kier molecular flexibility index (Phi) is 2.86. The molecule has 2 rings (SSSR count). The van der Waals surface area contributed by atoms with Gasteiger partial charge < -0.3 is 20.1 Å². The Hall–Kier alpha value is -2.24. The predicted octanol–water partition coefficient (Wildman–Crippen LogP) is 1.07. The molecule has 0 heterocycles. The number of carboxylic acids is 1. The van der Waals surface area contributed by atoms with Crippen molar-refractivity contribution in [2.75, 3.05) is 7.11 Å². The third-order valence-electron chi connectivity index (χ3n) is 3.03. The Bertz CT molecular complexity index is 522. The summed E-state index contributed by atoms with van der Waals surface area (Å²) in [6.07, 6.45) is 0.377. The normalized spacial score (nSPS) is 21.4. The Balaban J connectivity index is 2.46. The number of phenolic OH excluding ortho intramolecular Hbond substituents is 2. The van der Waals surface area contributed by atoms with Crippen molar-refractivity contribution in [1.29, 1.82) is 0 Å². The van der Waals surface area contributed by atoms with Crippen LogP contribution >= 0.6 is 0 Å². The highest BCUT2D eigenvalue weighted by molar-refractivity contribution is 5.95. The van der Waals surface area contributed by atoms with E-state index in [9.17, 15) is 19.8 Å². The zero-order chi connectivity index (χ0) is 13.4. The Morgan fingerprint density at radius 3 is 2.50 bits per heavy atom. The van der Waals surface area contributed by atoms with E-state index in [0.717, 1.165) is 6.07 Å². The van der Waals surface area contributed by atoms with Gasteiger partial charge in [0.1, 0.15) is 17.1 Å². The summed E-state index contributed by atoms with van der Waals surface area (Å²) >= 11 is 0. The molecule has 0 aliphatic heterocycles. The zero-order valence-electron chi connectivity index (χ0n) is 9.58. The van der Waals surface area contributed by atoms with Gasteiger partial charge in [0.05, 0.1) is 13.0 Å². The van der Waals surface area contributed by atoms with Crippen molar-refractivity contribution in [3.8, 4) is 11.5 Å². The first-order valence-corrected chi connectivity index (χ1v) is 5.32. The second-order valence-electron chi connectivity index (χ2n) is 4.21. The molecule has 0 spiro atoms. The second kappa shape index (κ2) is 4.21. The monoisotopic (exact) mass is 252 g/mol. The fourth-order valence-corrected chi connectivity index (χ4v) is 2.06. The average Bonchev–Trinajstić information content (AvgIpc) is 3.06. The van der Waals surface area contributed by atoms with Crippen LogP contribution in [0, 0.1) is 5.92 Å². The van der Waals surface area contributed by atoms with E-state index >= 15 is 0 Å². The highest BCUT2D eigenvalue weighted by atomic mass is 16.5. The van der Waals surface area contributed by atoms with E-state index in [1.807, 2.05) is 0 Å². The molecule has 0 unspecified atom stereocenters. The molecule has 1 aliphatic carbocycles. The van der Waals surface area contributed by atoms with Gasteiger partial charge >= 0.3 is 11.9 Å². The molecule has 1 saturated carbocycles. The standard InChI is InChI=1S/C12H12O6/c1-18-12(17)10-7(2-5(13)3-9(10)14)6-4-8(6)11(15)16/h2-3,6,8,13-14H,4H2,1H3,(H,15,16)/t6-,8-/m1/s1. The van der Waals surface area contributed by atoms with Gasteiger partial charge in [-0.2, -0.15) is 0 Å². The summed E-state index contributed by atoms with van der Waals surface area (Å²) in [5.41, 5.74) is 0.232. The maximum Gasteiger partial charge on any atom is 0.341 e. The van der Waals surface area contributed by atoms with Gasteiger partial charge in [0.25, 0.3) is 0 Å². The number of rotatable bonds is 3. The quantitative estimate of drug-likeness (QED) is 0.695. The highest BCUT2D eigenvalue weighted by Crippen LogP contribution is 2.50. The number of ether oxygens (including phenoxy) is 1. The van der Waals surface area contributed by atoms with Crippen molar-refractivity contribution >= 4 is 11.9 Å². The fourth-order valence-electron chi connectivity index (χ4n) is 2.06. The summed E-state index contributed by atoms with van der Waals surface area (Å²) in [6.45, 7) is 0. The Morgan fingerprint density at radius 2 is 2.00 bits per heavy atom. The minimum atomic E-state index is -0.960. The molecule has 2 atom stereocenters. The van der Waals surface area contributed by atoms with Crippen molar-refractivity contribution in [2.45, 2.75) is 12.3 Å². The molecule has 1 aromatic rings. The fraction of sp³-hybridized carbons (Fsp3) is 0.333. The molecule has 18 heavy (non-hydrogen) atoms. The topological polar surface area (TPSA) is 104 Å². The molecule has 1 fully saturated rings. The summed E-state index contributed by atoms with van der Waals surface area (Å²) in [5.74, 6) is -3.31. The van der Waals surface area contributed by atoms with Gasteiger partial charge in [-0.25, -0.2) is 4.79 Å². The van der Waals surface area contributed by atoms with E-state index in [2.05, 4.69) is 4.74 Å². The smallest absolute Gasteiger partial charge is 0.341 e. The molecule has 6 nitrogen and oxygen atoms in total. The van der Waals surface area contributed by atoms with E-state index in [1.54, 1.807) is 0 Å². The maximum absolute atomic E-state index is 11.6. The molecule has 6 heteroatoms. The Labute approximate surface area is 102 Å². The van der Waals surface area contributed by atoms with Crippen molar-refractivity contribution in [3.05, 3.63) is 23.3 Å². The largest absolute Gasteiger partial charge is 0.508 e. The lowest BCUT2D eigenvalue weighted by Crippen LogP contribution is -2.07. The number of carbonyl (C=O) groups is 2. The van der Waals surface area contributed by atoms with E-state index in [0.29, 0.717) is 12.0 Å². The SMILES string of the molecule is COC(=O)c1c(O)cc(O)cc1[C@H]1C[C@H]1C(=O)O. The van der Waals surface area contributed by atoms with E-state index in [-0.39, 0.29) is 17.2 Å². The average molecular weight is 252 g/mol. The van der Waals surface area contributed by atoms with Gasteiger partial charge in [-0.1, -0.05) is 0 Å². The number of carboxylic acid groups (broad SMARTS) is 1. The number of hydrogen-bond acceptors (Lipinski definition) is 5. The van der Waals surface area contributed by atoms with Crippen LogP contribution in [0.25, 0.3) is 0 Å². The van der Waals surface area contributed by atoms with Crippen LogP contribution < -0.4 is 0 Å². The number of carbonyl (C=O) groups excluding carboxylic acids is 1. The number of aromatic hydroxyl groups is 2. The first-order valence-electron chi connectivity index (χ1n) is 5.32. The molecule has 0 saturated heterocycles. The van der Waals surface area contributed by atoms with Gasteiger partial charge in [-0.3, -0.25) is 4.79 Å². The number of methoxy groups -OCH3 is 1. The van der Waals surface area contributed by atoms with Crippen LogP contribution in [0.2, 0.25) is 0 Å². The molecule has 1 aromatic carbocycles. The van der Waals surface area contributed by atoms with E-state index in [1.165, 1.54) is 13.2 Å². The zero-order valence-corrected chi connectivity index (χ0v) is 9.58. The van der Waals surface area contributed by atoms with Gasteiger partial charge in [0, 0.05) is 6.07 Å². The third-order valence-corrected chi connectivity index (χ3v) is 3.03. The van der Waals surface area contributed by atoms with Crippen molar-refractivity contribution in [1.82, 2.24) is 0 Å². The molecule has 0 bridgehead atoms. The number of benzene rings is 1. The maximum atomic E-state index is 11.6. The van der Waals surface area contributed by atoms with Crippen LogP contribution in [0.5, 0.6) is 11.5 Å². The van der Waals surface area contributed by atoms with Crippen LogP contribution in [-0.2, 0) is 9.53 Å². The summed E-state index contributed by atoms with van der Waals surface area (Å²) in [6, 6.07) is 2.31. The summed E-state index contributed by atoms with van der Waals surface area (Å²) < 4.78 is 4.54. The lowest BCUT2D eigenvalue weighted by Gasteiger charge is -2.10.